The first-order valence-electron chi connectivity index (χ1n) is 10.3. The van der Waals surface area contributed by atoms with Gasteiger partial charge < -0.3 is 9.47 Å². The highest BCUT2D eigenvalue weighted by Crippen LogP contribution is 2.31. The van der Waals surface area contributed by atoms with Crippen LogP contribution in [0.3, 0.4) is 0 Å². The van der Waals surface area contributed by atoms with Crippen LogP contribution in [0.2, 0.25) is 0 Å². The third-order valence-corrected chi connectivity index (χ3v) is 4.90. The Balaban J connectivity index is 1.78. The topological polar surface area (TPSA) is 39.7 Å². The normalized spacial score (nSPS) is 11.1. The van der Waals surface area contributed by atoms with Crippen molar-refractivity contribution in [1.29, 1.82) is 0 Å². The zero-order valence-electron chi connectivity index (χ0n) is 18.4. The van der Waals surface area contributed by atoms with Crippen molar-refractivity contribution in [2.75, 3.05) is 19.8 Å². The number of hydrogen-bond acceptors (Lipinski definition) is 4. The van der Waals surface area contributed by atoms with Gasteiger partial charge in [-0.1, -0.05) is 48.8 Å². The molecule has 0 unspecified atom stereocenters. The molecule has 0 radical (unpaired) electrons. The number of alkyl halides is 3. The molecule has 33 heavy (non-hydrogen) atoms. The molecule has 180 valence electrons. The predicted octanol–water partition coefficient (Wildman–Crippen LogP) is 7.24. The van der Waals surface area contributed by atoms with E-state index in [-0.39, 0.29) is 11.1 Å². The molecule has 0 heterocycles. The Hall–Kier alpha value is -2.35. The van der Waals surface area contributed by atoms with E-state index in [1.165, 1.54) is 12.1 Å². The fourth-order valence-electron chi connectivity index (χ4n) is 2.93. The summed E-state index contributed by atoms with van der Waals surface area (Å²) in [5, 5.41) is 0. The van der Waals surface area contributed by atoms with Crippen molar-refractivity contribution in [2.45, 2.75) is 32.9 Å². The van der Waals surface area contributed by atoms with Gasteiger partial charge in [0.2, 0.25) is 0 Å². The Labute approximate surface area is 201 Å². The second-order valence-electron chi connectivity index (χ2n) is 7.09. The van der Waals surface area contributed by atoms with Crippen LogP contribution in [-0.2, 0) is 17.4 Å². The lowest BCUT2D eigenvalue weighted by Gasteiger charge is -2.16. The monoisotopic (exact) mass is 503 g/mol. The van der Waals surface area contributed by atoms with Gasteiger partial charge in [0.25, 0.3) is 0 Å². The van der Waals surface area contributed by atoms with E-state index in [0.29, 0.717) is 36.6 Å². The second-order valence-corrected chi connectivity index (χ2v) is 8.10. The number of benzene rings is 2. The molecule has 2 rings (SSSR count). The van der Waals surface area contributed by atoms with E-state index in [1.807, 2.05) is 26.0 Å². The lowest BCUT2D eigenvalue weighted by Crippen LogP contribution is -2.15. The van der Waals surface area contributed by atoms with Gasteiger partial charge in [0, 0.05) is 6.42 Å². The zero-order valence-corrected chi connectivity index (χ0v) is 19.9. The minimum absolute atomic E-state index is 0.155. The summed E-state index contributed by atoms with van der Waals surface area (Å²) < 4.78 is 49.7. The summed E-state index contributed by atoms with van der Waals surface area (Å²) in [6, 6.07) is 8.50. The number of nitrogens with one attached hydrogen (secondary N) is 1. The summed E-state index contributed by atoms with van der Waals surface area (Å²) >= 11 is 11.2. The minimum atomic E-state index is -4.37. The van der Waals surface area contributed by atoms with Crippen LogP contribution >= 0.6 is 23.2 Å². The maximum absolute atomic E-state index is 12.6. The van der Waals surface area contributed by atoms with Crippen LogP contribution < -0.4 is 15.0 Å². The van der Waals surface area contributed by atoms with E-state index in [9.17, 15) is 13.2 Å². The Morgan fingerprint density at radius 2 is 1.79 bits per heavy atom. The average molecular weight is 504 g/mol. The van der Waals surface area contributed by atoms with E-state index >= 15 is 0 Å². The van der Waals surface area contributed by atoms with Crippen molar-refractivity contribution in [3.63, 3.8) is 0 Å². The van der Waals surface area contributed by atoms with Gasteiger partial charge >= 0.3 is 6.18 Å². The number of hydroxylamine groups is 1. The van der Waals surface area contributed by atoms with Crippen molar-refractivity contribution in [3.05, 3.63) is 75.8 Å². The summed E-state index contributed by atoms with van der Waals surface area (Å²) in [6.07, 6.45) is -1.45. The summed E-state index contributed by atoms with van der Waals surface area (Å²) in [5.74, 6) is 1.51. The van der Waals surface area contributed by atoms with Crippen molar-refractivity contribution in [1.82, 2.24) is 5.48 Å². The largest absolute Gasteiger partial charge is 0.493 e. The number of rotatable bonds is 12. The van der Waals surface area contributed by atoms with E-state index in [1.54, 1.807) is 6.08 Å². The maximum atomic E-state index is 12.6. The Kier molecular flexibility index (Phi) is 10.4. The molecule has 2 aromatic rings. The molecule has 0 bridgehead atoms. The van der Waals surface area contributed by atoms with Crippen LogP contribution in [0.1, 0.15) is 35.6 Å². The van der Waals surface area contributed by atoms with Gasteiger partial charge in [-0.25, -0.2) is 0 Å². The maximum Gasteiger partial charge on any atom is 0.416 e. The first kappa shape index (κ1) is 26.9. The molecule has 0 aliphatic carbocycles. The Bertz CT molecular complexity index is 957. The highest BCUT2D eigenvalue weighted by atomic mass is 35.5. The second kappa shape index (κ2) is 12.8. The summed E-state index contributed by atoms with van der Waals surface area (Å²) in [7, 11) is 0. The molecule has 0 aliphatic rings. The molecular formula is C24H26Cl2F3NO3. The molecule has 0 saturated heterocycles. The van der Waals surface area contributed by atoms with Gasteiger partial charge in [-0.3, -0.25) is 10.3 Å². The molecule has 0 amide bonds. The third kappa shape index (κ3) is 8.84. The smallest absolute Gasteiger partial charge is 0.416 e. The fraction of sp³-hybridized carbons (Fsp3) is 0.333. The van der Waals surface area contributed by atoms with Gasteiger partial charge in [0.1, 0.15) is 22.6 Å². The zero-order chi connectivity index (χ0) is 24.4. The van der Waals surface area contributed by atoms with E-state index in [0.717, 1.165) is 35.4 Å². The van der Waals surface area contributed by atoms with Gasteiger partial charge in [-0.2, -0.15) is 13.2 Å². The van der Waals surface area contributed by atoms with Gasteiger partial charge in [-0.05, 0) is 60.4 Å². The molecule has 2 aromatic carbocycles. The van der Waals surface area contributed by atoms with Crippen molar-refractivity contribution >= 4 is 28.9 Å². The molecule has 0 aromatic heterocycles. The summed E-state index contributed by atoms with van der Waals surface area (Å²) in [4.78, 5) is 5.36. The Morgan fingerprint density at radius 3 is 2.39 bits per heavy atom. The quantitative estimate of drug-likeness (QED) is 0.245. The van der Waals surface area contributed by atoms with Crippen molar-refractivity contribution < 1.29 is 27.5 Å². The highest BCUT2D eigenvalue weighted by Gasteiger charge is 2.30. The number of ether oxygens (including phenoxy) is 2. The molecule has 0 fully saturated rings. The van der Waals surface area contributed by atoms with Crippen LogP contribution in [0.4, 0.5) is 13.2 Å². The predicted molar refractivity (Wildman–Crippen MR) is 126 cm³/mol. The first-order chi connectivity index (χ1) is 15.6. The van der Waals surface area contributed by atoms with Gasteiger partial charge in [-0.15, -0.1) is 0 Å². The molecular weight excluding hydrogens is 478 g/mol. The standard InChI is InChI=1S/C24H26Cl2F3NO3/c1-4-18-15-21(31-13-10-22(25)26)14-16(2)23(18)32-11-5-12-33-30-17(3)19-6-8-20(9-7-19)24(27,28)29/h6-10,14-15,30H,3-5,11-13H2,1-2H3. The Morgan fingerprint density at radius 1 is 1.09 bits per heavy atom. The van der Waals surface area contributed by atoms with Crippen LogP contribution in [0.5, 0.6) is 11.5 Å². The van der Waals surface area contributed by atoms with E-state index in [2.05, 4.69) is 12.1 Å². The molecule has 9 heteroatoms. The van der Waals surface area contributed by atoms with Crippen LogP contribution in [0.15, 0.2) is 53.5 Å². The van der Waals surface area contributed by atoms with E-state index < -0.39 is 11.7 Å². The fourth-order valence-corrected chi connectivity index (χ4v) is 3.05. The number of hydrogen-bond donors (Lipinski definition) is 1. The first-order valence-corrected chi connectivity index (χ1v) is 11.0. The van der Waals surface area contributed by atoms with Gasteiger partial charge in [0.05, 0.1) is 24.5 Å². The highest BCUT2D eigenvalue weighted by molar-refractivity contribution is 6.55. The van der Waals surface area contributed by atoms with Crippen LogP contribution in [-0.4, -0.2) is 19.8 Å². The minimum Gasteiger partial charge on any atom is -0.493 e. The van der Waals surface area contributed by atoms with Crippen LogP contribution in [0.25, 0.3) is 5.70 Å². The molecule has 4 nitrogen and oxygen atoms in total. The number of halogens is 5. The van der Waals surface area contributed by atoms with Gasteiger partial charge in [0.15, 0.2) is 0 Å². The SMILES string of the molecule is C=C(NOCCCOc1c(C)cc(OCC=C(Cl)Cl)cc1CC)c1ccc(C(F)(F)F)cc1. The molecule has 0 saturated carbocycles. The molecule has 0 spiro atoms. The lowest BCUT2D eigenvalue weighted by atomic mass is 10.1. The molecule has 0 atom stereocenters. The van der Waals surface area contributed by atoms with Crippen LogP contribution in [0, 0.1) is 6.92 Å². The van der Waals surface area contributed by atoms with E-state index in [4.69, 9.17) is 37.5 Å². The molecule has 1 N–H and O–H groups in total. The molecule has 0 aliphatic heterocycles. The van der Waals surface area contributed by atoms with Crippen molar-refractivity contribution in [2.24, 2.45) is 0 Å². The average Bonchev–Trinajstić information content (AvgIpc) is 2.76. The third-order valence-electron chi connectivity index (χ3n) is 4.59. The number of aryl methyl sites for hydroxylation is 2. The van der Waals surface area contributed by atoms with Crippen molar-refractivity contribution in [3.8, 4) is 11.5 Å². The summed E-state index contributed by atoms with van der Waals surface area (Å²) in [6.45, 7) is 8.77. The summed E-state index contributed by atoms with van der Waals surface area (Å²) in [5.41, 5.74) is 4.78. The lowest BCUT2D eigenvalue weighted by molar-refractivity contribution is -0.137.